The predicted octanol–water partition coefficient (Wildman–Crippen LogP) is 1.38. The molecular formula is C14H16N6O2S. The predicted molar refractivity (Wildman–Crippen MR) is 84.3 cm³/mol. The third-order valence-corrected chi connectivity index (χ3v) is 4.86. The van der Waals surface area contributed by atoms with Crippen molar-refractivity contribution in [1.29, 1.82) is 0 Å². The number of aromatic nitrogens is 4. The van der Waals surface area contributed by atoms with Crippen molar-refractivity contribution in [2.24, 2.45) is 0 Å². The van der Waals surface area contributed by atoms with Crippen LogP contribution in [0.15, 0.2) is 11.7 Å². The molecule has 120 valence electrons. The zero-order chi connectivity index (χ0) is 15.8. The minimum atomic E-state index is -0.176. The summed E-state index contributed by atoms with van der Waals surface area (Å²) in [6.45, 7) is 0.711. The van der Waals surface area contributed by atoms with Crippen LogP contribution in [0.5, 0.6) is 0 Å². The first-order valence-corrected chi connectivity index (χ1v) is 8.53. The Morgan fingerprint density at radius 3 is 3.04 bits per heavy atom. The van der Waals surface area contributed by atoms with Gasteiger partial charge in [0.1, 0.15) is 6.33 Å². The monoisotopic (exact) mass is 332 g/mol. The van der Waals surface area contributed by atoms with Crippen LogP contribution in [-0.4, -0.2) is 38.1 Å². The Balaban J connectivity index is 1.40. The smallest absolute Gasteiger partial charge is 0.232 e. The van der Waals surface area contributed by atoms with E-state index in [9.17, 15) is 9.59 Å². The minimum absolute atomic E-state index is 0.105. The van der Waals surface area contributed by atoms with Gasteiger partial charge >= 0.3 is 0 Å². The first kappa shape index (κ1) is 14.3. The van der Waals surface area contributed by atoms with E-state index in [0.29, 0.717) is 35.8 Å². The standard InChI is InChI=1S/C14H16N6O2S/c21-11(17-13-18-15-8-20(13)10-3-4-10)6-9-7-23-14(16-9)19-5-1-2-12(19)22/h7-8,10H,1-6H2,(H,17,18,21). The molecule has 23 heavy (non-hydrogen) atoms. The maximum Gasteiger partial charge on any atom is 0.232 e. The van der Waals surface area contributed by atoms with Crippen LogP contribution in [-0.2, 0) is 16.0 Å². The van der Waals surface area contributed by atoms with Crippen molar-refractivity contribution in [3.05, 3.63) is 17.4 Å². The molecule has 0 bridgehead atoms. The van der Waals surface area contributed by atoms with Crippen molar-refractivity contribution in [1.82, 2.24) is 19.7 Å². The minimum Gasteiger partial charge on any atom is -0.297 e. The third kappa shape index (κ3) is 2.96. The number of anilines is 2. The number of nitrogens with zero attached hydrogens (tertiary/aromatic N) is 5. The van der Waals surface area contributed by atoms with Crippen LogP contribution in [0.2, 0.25) is 0 Å². The fourth-order valence-corrected chi connectivity index (χ4v) is 3.50. The molecule has 2 aliphatic rings. The van der Waals surface area contributed by atoms with Gasteiger partial charge in [0, 0.05) is 24.4 Å². The lowest BCUT2D eigenvalue weighted by Gasteiger charge is -2.10. The van der Waals surface area contributed by atoms with Gasteiger partial charge in [-0.25, -0.2) is 4.98 Å². The number of amides is 2. The average molecular weight is 332 g/mol. The van der Waals surface area contributed by atoms with E-state index in [1.165, 1.54) is 11.3 Å². The van der Waals surface area contributed by atoms with E-state index in [0.717, 1.165) is 19.3 Å². The Kier molecular flexibility index (Phi) is 3.56. The molecule has 1 aliphatic heterocycles. The summed E-state index contributed by atoms with van der Waals surface area (Å²) in [5, 5.41) is 13.1. The number of hydrogen-bond donors (Lipinski definition) is 1. The lowest BCUT2D eigenvalue weighted by atomic mass is 10.3. The molecule has 4 rings (SSSR count). The quantitative estimate of drug-likeness (QED) is 0.893. The van der Waals surface area contributed by atoms with Gasteiger partial charge in [-0.05, 0) is 19.3 Å². The van der Waals surface area contributed by atoms with E-state index in [2.05, 4.69) is 20.5 Å². The molecule has 2 aromatic rings. The van der Waals surface area contributed by atoms with Crippen LogP contribution in [0.1, 0.15) is 37.4 Å². The van der Waals surface area contributed by atoms with Crippen LogP contribution in [0.4, 0.5) is 11.1 Å². The summed E-state index contributed by atoms with van der Waals surface area (Å²) in [5.41, 5.74) is 0.666. The van der Waals surface area contributed by atoms with Gasteiger partial charge in [0.25, 0.3) is 0 Å². The molecule has 2 aromatic heterocycles. The zero-order valence-corrected chi connectivity index (χ0v) is 13.3. The fourth-order valence-electron chi connectivity index (χ4n) is 2.64. The molecule has 0 spiro atoms. The largest absolute Gasteiger partial charge is 0.297 e. The van der Waals surface area contributed by atoms with Crippen molar-refractivity contribution in [3.63, 3.8) is 0 Å². The highest BCUT2D eigenvalue weighted by molar-refractivity contribution is 7.14. The Hall–Kier alpha value is -2.29. The molecule has 1 saturated carbocycles. The van der Waals surface area contributed by atoms with E-state index in [4.69, 9.17) is 0 Å². The van der Waals surface area contributed by atoms with Gasteiger partial charge in [-0.3, -0.25) is 24.4 Å². The summed E-state index contributed by atoms with van der Waals surface area (Å²) >= 11 is 1.40. The molecule has 8 nitrogen and oxygen atoms in total. The van der Waals surface area contributed by atoms with Gasteiger partial charge in [0.15, 0.2) is 5.13 Å². The number of nitrogens with one attached hydrogen (secondary N) is 1. The summed E-state index contributed by atoms with van der Waals surface area (Å²) in [6, 6.07) is 0.410. The summed E-state index contributed by atoms with van der Waals surface area (Å²) in [7, 11) is 0. The van der Waals surface area contributed by atoms with Gasteiger partial charge in [-0.2, -0.15) is 0 Å². The maximum atomic E-state index is 12.2. The van der Waals surface area contributed by atoms with Crippen LogP contribution >= 0.6 is 11.3 Å². The van der Waals surface area contributed by atoms with E-state index in [1.54, 1.807) is 11.2 Å². The highest BCUT2D eigenvalue weighted by atomic mass is 32.1. The summed E-state index contributed by atoms with van der Waals surface area (Å²) in [5.74, 6) is 0.417. The molecule has 0 atom stereocenters. The molecule has 0 aromatic carbocycles. The van der Waals surface area contributed by atoms with Gasteiger partial charge in [-0.15, -0.1) is 21.5 Å². The van der Waals surface area contributed by atoms with Crippen molar-refractivity contribution in [2.45, 2.75) is 38.1 Å². The Morgan fingerprint density at radius 1 is 1.43 bits per heavy atom. The molecule has 2 fully saturated rings. The second-order valence-corrected chi connectivity index (χ2v) is 6.62. The van der Waals surface area contributed by atoms with Crippen LogP contribution in [0.25, 0.3) is 0 Å². The molecule has 0 radical (unpaired) electrons. The topological polar surface area (TPSA) is 93.0 Å². The zero-order valence-electron chi connectivity index (χ0n) is 12.4. The second kappa shape index (κ2) is 5.73. The molecule has 9 heteroatoms. The number of hydrogen-bond acceptors (Lipinski definition) is 6. The van der Waals surface area contributed by atoms with Crippen molar-refractivity contribution in [2.75, 3.05) is 16.8 Å². The number of carbonyl (C=O) groups is 2. The normalized spacial score (nSPS) is 17.7. The van der Waals surface area contributed by atoms with E-state index < -0.39 is 0 Å². The van der Waals surface area contributed by atoms with Crippen LogP contribution < -0.4 is 10.2 Å². The molecule has 1 saturated heterocycles. The van der Waals surface area contributed by atoms with Gasteiger partial charge in [0.05, 0.1) is 12.1 Å². The van der Waals surface area contributed by atoms with E-state index in [1.807, 2.05) is 9.95 Å². The van der Waals surface area contributed by atoms with Crippen molar-refractivity contribution in [3.8, 4) is 0 Å². The maximum absolute atomic E-state index is 12.2. The lowest BCUT2D eigenvalue weighted by molar-refractivity contribution is -0.117. The third-order valence-electron chi connectivity index (χ3n) is 3.95. The molecule has 3 heterocycles. The second-order valence-electron chi connectivity index (χ2n) is 5.79. The van der Waals surface area contributed by atoms with Gasteiger partial charge < -0.3 is 0 Å². The molecule has 2 amide bonds. The van der Waals surface area contributed by atoms with Crippen molar-refractivity contribution < 1.29 is 9.59 Å². The summed E-state index contributed by atoms with van der Waals surface area (Å²) in [6.07, 6.45) is 5.45. The van der Waals surface area contributed by atoms with Crippen molar-refractivity contribution >= 4 is 34.2 Å². The Labute approximate surface area is 136 Å². The summed E-state index contributed by atoms with van der Waals surface area (Å²) in [4.78, 5) is 30.0. The van der Waals surface area contributed by atoms with Crippen LogP contribution in [0.3, 0.4) is 0 Å². The average Bonchev–Trinajstić information content (AvgIpc) is 2.91. The highest BCUT2D eigenvalue weighted by Crippen LogP contribution is 2.36. The number of rotatable bonds is 5. The summed E-state index contributed by atoms with van der Waals surface area (Å²) < 4.78 is 1.90. The fraction of sp³-hybridized carbons (Fsp3) is 0.500. The van der Waals surface area contributed by atoms with Crippen LogP contribution in [0, 0.1) is 0 Å². The Morgan fingerprint density at radius 2 is 2.30 bits per heavy atom. The molecule has 0 unspecified atom stereocenters. The molecular weight excluding hydrogens is 316 g/mol. The first-order valence-electron chi connectivity index (χ1n) is 7.65. The first-order chi connectivity index (χ1) is 11.2. The lowest BCUT2D eigenvalue weighted by Crippen LogP contribution is -2.23. The number of thiazole rings is 1. The van der Waals surface area contributed by atoms with E-state index in [-0.39, 0.29) is 18.2 Å². The number of carbonyl (C=O) groups excluding carboxylic acids is 2. The SMILES string of the molecule is O=C(Cc1csc(N2CCCC2=O)n1)Nc1nncn1C1CC1. The Bertz CT molecular complexity index is 750. The van der Waals surface area contributed by atoms with E-state index >= 15 is 0 Å². The molecule has 1 aliphatic carbocycles. The van der Waals surface area contributed by atoms with Gasteiger partial charge in [0.2, 0.25) is 17.8 Å². The van der Waals surface area contributed by atoms with Gasteiger partial charge in [-0.1, -0.05) is 0 Å². The highest BCUT2D eigenvalue weighted by Gasteiger charge is 2.27. The molecule has 1 N–H and O–H groups in total.